The first kappa shape index (κ1) is 20.5. The largest absolute Gasteiger partial charge is 0.496 e. The number of fused-ring (bicyclic) bond motifs is 1. The predicted octanol–water partition coefficient (Wildman–Crippen LogP) is 3.82. The molecular formula is C22H24FN3O3. The highest BCUT2D eigenvalue weighted by molar-refractivity contribution is 6.03. The second-order valence-electron chi connectivity index (χ2n) is 7.08. The van der Waals surface area contributed by atoms with Crippen LogP contribution in [0.15, 0.2) is 41.3 Å². The first-order chi connectivity index (χ1) is 13.9. The van der Waals surface area contributed by atoms with Gasteiger partial charge in [0, 0.05) is 23.5 Å². The normalized spacial score (nSPS) is 13.8. The molecule has 0 radical (unpaired) electrons. The van der Waals surface area contributed by atoms with Gasteiger partial charge in [0.25, 0.3) is 5.91 Å². The topological polar surface area (TPSA) is 98.1 Å². The molecule has 4 rings (SSSR count). The van der Waals surface area contributed by atoms with Crippen LogP contribution >= 0.6 is 0 Å². The minimum Gasteiger partial charge on any atom is -0.496 e. The number of methoxy groups -OCH3 is 1. The number of amides is 1. The van der Waals surface area contributed by atoms with E-state index in [0.29, 0.717) is 22.7 Å². The summed E-state index contributed by atoms with van der Waals surface area (Å²) in [6, 6.07) is 8.07. The molecule has 2 heterocycles. The number of hydrogen-bond donors (Lipinski definition) is 2. The van der Waals surface area contributed by atoms with E-state index in [1.165, 1.54) is 32.2 Å². The quantitative estimate of drug-likeness (QED) is 0.702. The lowest BCUT2D eigenvalue weighted by Gasteiger charge is -2.11. The molecule has 0 atom stereocenters. The highest BCUT2D eigenvalue weighted by Crippen LogP contribution is 2.33. The second kappa shape index (κ2) is 8.86. The zero-order valence-corrected chi connectivity index (χ0v) is 16.5. The molecule has 29 heavy (non-hydrogen) atoms. The van der Waals surface area contributed by atoms with E-state index < -0.39 is 5.91 Å². The molecule has 1 aliphatic carbocycles. The van der Waals surface area contributed by atoms with Crippen molar-refractivity contribution >= 4 is 16.8 Å². The molecule has 1 aromatic carbocycles. The summed E-state index contributed by atoms with van der Waals surface area (Å²) in [6.07, 6.45) is 6.11. The summed E-state index contributed by atoms with van der Waals surface area (Å²) in [5, 5.41) is 0.289. The number of nitrogens with two attached hydrogens (primary N) is 1. The smallest absolute Gasteiger partial charge is 0.268 e. The van der Waals surface area contributed by atoms with Gasteiger partial charge in [-0.2, -0.15) is 0 Å². The number of pyridine rings is 2. The Morgan fingerprint density at radius 3 is 2.62 bits per heavy atom. The molecule has 2 aromatic heterocycles. The zero-order chi connectivity index (χ0) is 21.0. The molecule has 7 heteroatoms. The van der Waals surface area contributed by atoms with Crippen LogP contribution in [0, 0.1) is 12.7 Å². The average Bonchev–Trinajstić information content (AvgIpc) is 3.25. The minimum absolute atomic E-state index is 0.0386. The van der Waals surface area contributed by atoms with Crippen LogP contribution in [-0.4, -0.2) is 23.0 Å². The zero-order valence-electron chi connectivity index (χ0n) is 16.5. The second-order valence-corrected chi connectivity index (χ2v) is 7.08. The number of nitrogens with zero attached hydrogens (tertiary/aromatic N) is 1. The van der Waals surface area contributed by atoms with Crippen LogP contribution in [0.3, 0.4) is 0 Å². The summed E-state index contributed by atoms with van der Waals surface area (Å²) in [7, 11) is 1.53. The van der Waals surface area contributed by atoms with Crippen molar-refractivity contribution in [3.8, 4) is 5.75 Å². The fraction of sp³-hybridized carbons (Fsp3) is 0.318. The Kier molecular flexibility index (Phi) is 6.26. The average molecular weight is 397 g/mol. The number of aromatic nitrogens is 2. The number of ether oxygens (including phenoxy) is 1. The van der Waals surface area contributed by atoms with Crippen molar-refractivity contribution in [2.45, 2.75) is 38.5 Å². The maximum atomic E-state index is 12.7. The van der Waals surface area contributed by atoms with E-state index in [1.807, 2.05) is 0 Å². The van der Waals surface area contributed by atoms with Crippen LogP contribution in [0.4, 0.5) is 4.39 Å². The number of hydrogen-bond acceptors (Lipinski definition) is 4. The maximum absolute atomic E-state index is 12.7. The van der Waals surface area contributed by atoms with Gasteiger partial charge in [-0.15, -0.1) is 0 Å². The van der Waals surface area contributed by atoms with Crippen LogP contribution in [0.25, 0.3) is 10.9 Å². The lowest BCUT2D eigenvalue weighted by molar-refractivity contribution is 0.0997. The monoisotopic (exact) mass is 397 g/mol. The van der Waals surface area contributed by atoms with Gasteiger partial charge in [-0.3, -0.25) is 14.6 Å². The summed E-state index contributed by atoms with van der Waals surface area (Å²) in [5.41, 5.74) is 7.26. The van der Waals surface area contributed by atoms with E-state index in [2.05, 4.69) is 9.97 Å². The number of primary amides is 1. The van der Waals surface area contributed by atoms with E-state index in [4.69, 9.17) is 10.5 Å². The number of carbonyl (C=O) groups is 1. The summed E-state index contributed by atoms with van der Waals surface area (Å²) >= 11 is 0. The van der Waals surface area contributed by atoms with E-state index in [0.717, 1.165) is 18.5 Å². The Balaban J connectivity index is 0.000000204. The van der Waals surface area contributed by atoms with Crippen molar-refractivity contribution in [3.63, 3.8) is 0 Å². The molecule has 0 spiro atoms. The van der Waals surface area contributed by atoms with Crippen LogP contribution in [0.2, 0.25) is 0 Å². The van der Waals surface area contributed by atoms with Crippen molar-refractivity contribution in [1.29, 1.82) is 0 Å². The number of nitrogens with one attached hydrogen (secondary N) is 1. The Morgan fingerprint density at radius 2 is 2.00 bits per heavy atom. The van der Waals surface area contributed by atoms with Crippen molar-refractivity contribution in [2.75, 3.05) is 7.11 Å². The van der Waals surface area contributed by atoms with Gasteiger partial charge < -0.3 is 15.5 Å². The molecule has 1 amide bonds. The summed E-state index contributed by atoms with van der Waals surface area (Å²) < 4.78 is 17.6. The third kappa shape index (κ3) is 4.45. The van der Waals surface area contributed by atoms with Gasteiger partial charge in [-0.25, -0.2) is 4.39 Å². The predicted molar refractivity (Wildman–Crippen MR) is 110 cm³/mol. The highest BCUT2D eigenvalue weighted by Gasteiger charge is 2.20. The summed E-state index contributed by atoms with van der Waals surface area (Å²) in [5.74, 6) is 0.117. The lowest BCUT2D eigenvalue weighted by atomic mass is 10.0. The molecule has 3 N–H and O–H groups in total. The Labute approximate surface area is 167 Å². The minimum atomic E-state index is -0.676. The van der Waals surface area contributed by atoms with Gasteiger partial charge in [-0.05, 0) is 43.9 Å². The number of benzene rings is 1. The molecular weight excluding hydrogens is 373 g/mol. The number of aromatic amines is 1. The van der Waals surface area contributed by atoms with Gasteiger partial charge in [0.05, 0.1) is 18.0 Å². The fourth-order valence-corrected chi connectivity index (χ4v) is 3.67. The molecule has 152 valence electrons. The SMILES string of the molecule is COc1cccc(F)c1C.NC(=O)c1nccc2[nH]c(C3CCCC3)cc(=O)c12. The molecule has 6 nitrogen and oxygen atoms in total. The third-order valence-corrected chi connectivity index (χ3v) is 5.23. The molecule has 0 aliphatic heterocycles. The van der Waals surface area contributed by atoms with Gasteiger partial charge in [-0.1, -0.05) is 18.9 Å². The number of halogens is 1. The van der Waals surface area contributed by atoms with Gasteiger partial charge >= 0.3 is 0 Å². The maximum Gasteiger partial charge on any atom is 0.268 e. The summed E-state index contributed by atoms with van der Waals surface area (Å²) in [4.78, 5) is 30.7. The van der Waals surface area contributed by atoms with Gasteiger partial charge in [0.15, 0.2) is 5.43 Å². The van der Waals surface area contributed by atoms with Crippen molar-refractivity contribution < 1.29 is 13.9 Å². The van der Waals surface area contributed by atoms with Gasteiger partial charge in [0.1, 0.15) is 17.3 Å². The number of rotatable bonds is 3. The van der Waals surface area contributed by atoms with Crippen LogP contribution in [0.5, 0.6) is 5.75 Å². The molecule has 3 aromatic rings. The van der Waals surface area contributed by atoms with Crippen LogP contribution < -0.4 is 15.9 Å². The Hall–Kier alpha value is -3.22. The number of carbonyl (C=O) groups excluding carboxylic acids is 1. The van der Waals surface area contributed by atoms with E-state index in [9.17, 15) is 14.0 Å². The van der Waals surface area contributed by atoms with Gasteiger partial charge in [0.2, 0.25) is 0 Å². The van der Waals surface area contributed by atoms with Crippen LogP contribution in [-0.2, 0) is 0 Å². The molecule has 1 fully saturated rings. The highest BCUT2D eigenvalue weighted by atomic mass is 19.1. The Morgan fingerprint density at radius 1 is 1.28 bits per heavy atom. The number of H-pyrrole nitrogens is 1. The van der Waals surface area contributed by atoms with Crippen molar-refractivity contribution in [3.05, 3.63) is 69.5 Å². The van der Waals surface area contributed by atoms with E-state index in [1.54, 1.807) is 31.2 Å². The van der Waals surface area contributed by atoms with Crippen LogP contribution in [0.1, 0.15) is 53.3 Å². The summed E-state index contributed by atoms with van der Waals surface area (Å²) in [6.45, 7) is 1.69. The van der Waals surface area contributed by atoms with E-state index in [-0.39, 0.29) is 22.3 Å². The molecule has 0 saturated heterocycles. The first-order valence-electron chi connectivity index (χ1n) is 9.53. The van der Waals surface area contributed by atoms with Crippen molar-refractivity contribution in [2.24, 2.45) is 5.73 Å². The van der Waals surface area contributed by atoms with E-state index >= 15 is 0 Å². The van der Waals surface area contributed by atoms with Crippen molar-refractivity contribution in [1.82, 2.24) is 9.97 Å². The first-order valence-corrected chi connectivity index (χ1v) is 9.53. The molecule has 0 bridgehead atoms. The Bertz CT molecular complexity index is 1090. The molecule has 1 saturated carbocycles. The molecule has 1 aliphatic rings. The lowest BCUT2D eigenvalue weighted by Crippen LogP contribution is -2.18. The third-order valence-electron chi connectivity index (χ3n) is 5.23. The standard InChI is InChI=1S/C14H15N3O2.C8H9FO/c15-14(19)13-12-9(5-6-16-13)17-10(7-11(12)18)8-3-1-2-4-8;1-6-7(9)4-3-5-8(6)10-2/h5-8H,1-4H2,(H2,15,19)(H,17,18);3-5H,1-2H3. The fourth-order valence-electron chi connectivity index (χ4n) is 3.67. The molecule has 0 unspecified atom stereocenters.